The summed E-state index contributed by atoms with van der Waals surface area (Å²) in [4.78, 5) is 11.1. The van der Waals surface area contributed by atoms with Crippen molar-refractivity contribution < 1.29 is 19.7 Å². The first kappa shape index (κ1) is 14.3. The zero-order valence-corrected chi connectivity index (χ0v) is 10.8. The summed E-state index contributed by atoms with van der Waals surface area (Å²) in [5.74, 6) is -0.433. The molecule has 0 aliphatic heterocycles. The van der Waals surface area contributed by atoms with Crippen LogP contribution in [-0.4, -0.2) is 22.8 Å². The predicted molar refractivity (Wildman–Crippen MR) is 69.0 cm³/mol. The smallest absolute Gasteiger partial charge is 0.330 e. The number of aliphatic hydroxyl groups is 1. The Kier molecular flexibility index (Phi) is 4.50. The first-order valence-electron chi connectivity index (χ1n) is 5.75. The standard InChI is InChI=1S/C14H18O4/c1-4-18-13(16)8-6-10-5-7-11(12(15)9-10)14(2,3)17/h5-9,15,17H,4H2,1-3H3. The summed E-state index contributed by atoms with van der Waals surface area (Å²) in [5, 5.41) is 19.6. The molecule has 0 atom stereocenters. The highest BCUT2D eigenvalue weighted by Crippen LogP contribution is 2.29. The van der Waals surface area contributed by atoms with Crippen LogP contribution in [0.2, 0.25) is 0 Å². The maximum absolute atomic E-state index is 11.1. The number of phenolic OH excluding ortho intramolecular Hbond substituents is 1. The molecule has 0 aliphatic carbocycles. The van der Waals surface area contributed by atoms with E-state index in [0.29, 0.717) is 17.7 Å². The highest BCUT2D eigenvalue weighted by molar-refractivity contribution is 5.87. The number of esters is 1. The minimum absolute atomic E-state index is 0.00601. The third-order valence-electron chi connectivity index (χ3n) is 2.38. The molecule has 0 aromatic heterocycles. The fourth-order valence-corrected chi connectivity index (χ4v) is 1.52. The van der Waals surface area contributed by atoms with Crippen LogP contribution >= 0.6 is 0 Å². The zero-order valence-electron chi connectivity index (χ0n) is 10.8. The van der Waals surface area contributed by atoms with Gasteiger partial charge in [0.1, 0.15) is 5.75 Å². The molecule has 0 aliphatic rings. The Morgan fingerprint density at radius 3 is 2.61 bits per heavy atom. The van der Waals surface area contributed by atoms with Crippen LogP contribution in [0, 0.1) is 0 Å². The van der Waals surface area contributed by atoms with Crippen LogP contribution in [0.1, 0.15) is 31.9 Å². The van der Waals surface area contributed by atoms with Crippen LogP contribution in [0.5, 0.6) is 5.75 Å². The molecule has 1 aromatic rings. The number of carbonyl (C=O) groups is 1. The lowest BCUT2D eigenvalue weighted by molar-refractivity contribution is -0.137. The Bertz CT molecular complexity index is 455. The van der Waals surface area contributed by atoms with E-state index in [0.717, 1.165) is 0 Å². The number of carbonyl (C=O) groups excluding carboxylic acids is 1. The van der Waals surface area contributed by atoms with Gasteiger partial charge in [-0.1, -0.05) is 12.1 Å². The summed E-state index contributed by atoms with van der Waals surface area (Å²) in [7, 11) is 0. The first-order chi connectivity index (χ1) is 8.34. The summed E-state index contributed by atoms with van der Waals surface area (Å²) in [6.45, 7) is 5.24. The van der Waals surface area contributed by atoms with Crippen LogP contribution in [0.3, 0.4) is 0 Å². The largest absolute Gasteiger partial charge is 0.508 e. The van der Waals surface area contributed by atoms with E-state index in [9.17, 15) is 15.0 Å². The Balaban J connectivity index is 2.89. The zero-order chi connectivity index (χ0) is 13.8. The lowest BCUT2D eigenvalue weighted by Crippen LogP contribution is -2.15. The number of rotatable bonds is 4. The molecular formula is C14H18O4. The highest BCUT2D eigenvalue weighted by atomic mass is 16.5. The van der Waals surface area contributed by atoms with Gasteiger partial charge in [-0.2, -0.15) is 0 Å². The van der Waals surface area contributed by atoms with Crippen LogP contribution in [0.25, 0.3) is 6.08 Å². The van der Waals surface area contributed by atoms with Crippen molar-refractivity contribution in [3.63, 3.8) is 0 Å². The summed E-state index contributed by atoms with van der Waals surface area (Å²) in [5.41, 5.74) is -0.00246. The summed E-state index contributed by atoms with van der Waals surface area (Å²) in [6, 6.07) is 4.83. The van der Waals surface area contributed by atoms with Crippen LogP contribution in [0.15, 0.2) is 24.3 Å². The van der Waals surface area contributed by atoms with Crippen molar-refractivity contribution in [2.75, 3.05) is 6.61 Å². The van der Waals surface area contributed by atoms with E-state index < -0.39 is 11.6 Å². The molecule has 1 aromatic carbocycles. The van der Waals surface area contributed by atoms with Gasteiger partial charge in [-0.3, -0.25) is 0 Å². The van der Waals surface area contributed by atoms with Gasteiger partial charge in [-0.05, 0) is 38.5 Å². The molecule has 1 rings (SSSR count). The van der Waals surface area contributed by atoms with E-state index in [1.54, 1.807) is 39.0 Å². The Labute approximate surface area is 107 Å². The topological polar surface area (TPSA) is 66.8 Å². The van der Waals surface area contributed by atoms with E-state index >= 15 is 0 Å². The Morgan fingerprint density at radius 2 is 2.11 bits per heavy atom. The van der Waals surface area contributed by atoms with Crippen molar-refractivity contribution in [1.29, 1.82) is 0 Å². The number of hydrogen-bond acceptors (Lipinski definition) is 4. The Morgan fingerprint density at radius 1 is 1.44 bits per heavy atom. The second kappa shape index (κ2) is 5.69. The number of phenols is 1. The second-order valence-corrected chi connectivity index (χ2v) is 4.42. The maximum Gasteiger partial charge on any atom is 0.330 e. The number of hydrogen-bond donors (Lipinski definition) is 2. The SMILES string of the molecule is CCOC(=O)C=Cc1ccc(C(C)(C)O)c(O)c1. The molecule has 0 saturated heterocycles. The van der Waals surface area contributed by atoms with Crippen molar-refractivity contribution in [2.45, 2.75) is 26.4 Å². The Hall–Kier alpha value is -1.81. The molecule has 0 amide bonds. The maximum atomic E-state index is 11.1. The van der Waals surface area contributed by atoms with Gasteiger partial charge in [-0.15, -0.1) is 0 Å². The van der Waals surface area contributed by atoms with E-state index in [1.165, 1.54) is 12.1 Å². The number of aromatic hydroxyl groups is 1. The second-order valence-electron chi connectivity index (χ2n) is 4.42. The molecule has 0 fully saturated rings. The first-order valence-corrected chi connectivity index (χ1v) is 5.75. The molecular weight excluding hydrogens is 232 g/mol. The van der Waals surface area contributed by atoms with Gasteiger partial charge >= 0.3 is 5.97 Å². The average molecular weight is 250 g/mol. The molecule has 0 radical (unpaired) electrons. The van der Waals surface area contributed by atoms with Gasteiger partial charge < -0.3 is 14.9 Å². The molecule has 18 heavy (non-hydrogen) atoms. The normalized spacial score (nSPS) is 11.8. The summed E-state index contributed by atoms with van der Waals surface area (Å²) in [6.07, 6.45) is 2.84. The fraction of sp³-hybridized carbons (Fsp3) is 0.357. The molecule has 98 valence electrons. The molecule has 0 bridgehead atoms. The third-order valence-corrected chi connectivity index (χ3v) is 2.38. The highest BCUT2D eigenvalue weighted by Gasteiger charge is 2.19. The lowest BCUT2D eigenvalue weighted by atomic mass is 9.96. The van der Waals surface area contributed by atoms with Gasteiger partial charge in [0, 0.05) is 11.6 Å². The van der Waals surface area contributed by atoms with Gasteiger partial charge in [0.25, 0.3) is 0 Å². The van der Waals surface area contributed by atoms with E-state index in [2.05, 4.69) is 0 Å². The van der Waals surface area contributed by atoms with E-state index in [1.807, 2.05) is 0 Å². The lowest BCUT2D eigenvalue weighted by Gasteiger charge is -2.19. The number of benzene rings is 1. The molecule has 4 heteroatoms. The fourth-order valence-electron chi connectivity index (χ4n) is 1.52. The van der Waals surface area contributed by atoms with Crippen LogP contribution < -0.4 is 0 Å². The van der Waals surface area contributed by atoms with E-state index in [-0.39, 0.29) is 5.75 Å². The van der Waals surface area contributed by atoms with Crippen LogP contribution in [-0.2, 0) is 15.1 Å². The molecule has 2 N–H and O–H groups in total. The van der Waals surface area contributed by atoms with Crippen molar-refractivity contribution in [3.05, 3.63) is 35.4 Å². The van der Waals surface area contributed by atoms with Crippen molar-refractivity contribution >= 4 is 12.0 Å². The van der Waals surface area contributed by atoms with Crippen molar-refractivity contribution in [2.24, 2.45) is 0 Å². The minimum Gasteiger partial charge on any atom is -0.508 e. The molecule has 0 unspecified atom stereocenters. The average Bonchev–Trinajstić information content (AvgIpc) is 2.25. The molecule has 0 saturated carbocycles. The van der Waals surface area contributed by atoms with Crippen molar-refractivity contribution in [3.8, 4) is 5.75 Å². The molecule has 0 spiro atoms. The van der Waals surface area contributed by atoms with Gasteiger partial charge in [0.05, 0.1) is 12.2 Å². The third kappa shape index (κ3) is 3.89. The summed E-state index contributed by atoms with van der Waals surface area (Å²) >= 11 is 0. The molecule has 4 nitrogen and oxygen atoms in total. The quantitative estimate of drug-likeness (QED) is 0.635. The number of ether oxygens (including phenoxy) is 1. The van der Waals surface area contributed by atoms with Crippen molar-refractivity contribution in [1.82, 2.24) is 0 Å². The van der Waals surface area contributed by atoms with Gasteiger partial charge in [-0.25, -0.2) is 4.79 Å². The monoisotopic (exact) mass is 250 g/mol. The van der Waals surface area contributed by atoms with Crippen LogP contribution in [0.4, 0.5) is 0 Å². The van der Waals surface area contributed by atoms with Gasteiger partial charge in [0.2, 0.25) is 0 Å². The van der Waals surface area contributed by atoms with E-state index in [4.69, 9.17) is 4.74 Å². The molecule has 0 heterocycles. The minimum atomic E-state index is -1.10. The van der Waals surface area contributed by atoms with Gasteiger partial charge in [0.15, 0.2) is 0 Å². The predicted octanol–water partition coefficient (Wildman–Crippen LogP) is 2.20. The summed E-state index contributed by atoms with van der Waals surface area (Å²) < 4.78 is 4.74.